The van der Waals surface area contributed by atoms with Crippen molar-refractivity contribution in [3.8, 4) is 0 Å². The number of rotatable bonds is 4. The van der Waals surface area contributed by atoms with Crippen LogP contribution in [0.1, 0.15) is 10.4 Å². The van der Waals surface area contributed by atoms with E-state index in [1.165, 1.54) is 13.2 Å². The fraction of sp³-hybridized carbons (Fsp3) is 0.250. The van der Waals surface area contributed by atoms with Gasteiger partial charge in [0.1, 0.15) is 12.4 Å². The second kappa shape index (κ2) is 4.66. The molecule has 1 aromatic carbocycles. The molecule has 1 aliphatic rings. The number of halogens is 1. The van der Waals surface area contributed by atoms with Crippen LogP contribution >= 0.6 is 0 Å². The number of ketones is 2. The Morgan fingerprint density at radius 3 is 2.78 bits per heavy atom. The van der Waals surface area contributed by atoms with E-state index >= 15 is 0 Å². The Morgan fingerprint density at radius 2 is 2.11 bits per heavy atom. The fourth-order valence-electron chi connectivity index (χ4n) is 1.81. The Hall–Kier alpha value is -2.08. The number of anilines is 1. The third-order valence-electron chi connectivity index (χ3n) is 2.57. The molecule has 1 heterocycles. The van der Waals surface area contributed by atoms with Gasteiger partial charge >= 0.3 is 0 Å². The van der Waals surface area contributed by atoms with E-state index in [4.69, 9.17) is 0 Å². The molecule has 0 fully saturated rings. The van der Waals surface area contributed by atoms with E-state index in [0.29, 0.717) is 0 Å². The maximum absolute atomic E-state index is 13.0. The minimum absolute atomic E-state index is 0.00906. The summed E-state index contributed by atoms with van der Waals surface area (Å²) in [6.45, 7) is -0.397. The highest BCUT2D eigenvalue weighted by Crippen LogP contribution is 2.29. The number of methoxy groups -OCH3 is 1. The first kappa shape index (κ1) is 12.4. The lowest BCUT2D eigenvalue weighted by Crippen LogP contribution is -2.35. The molecule has 0 bridgehead atoms. The molecule has 0 atom stereocenters. The van der Waals surface area contributed by atoms with Crippen molar-refractivity contribution in [1.29, 1.82) is 0 Å². The summed E-state index contributed by atoms with van der Waals surface area (Å²) < 4.78 is 17.7. The summed E-state index contributed by atoms with van der Waals surface area (Å²) in [6.07, 6.45) is 0. The highest BCUT2D eigenvalue weighted by atomic mass is 19.1. The third kappa shape index (κ3) is 2.02. The number of ether oxygens (including phenoxy) is 1. The van der Waals surface area contributed by atoms with Gasteiger partial charge in [-0.15, -0.1) is 0 Å². The first-order chi connectivity index (χ1) is 8.54. The van der Waals surface area contributed by atoms with Crippen LogP contribution < -0.4 is 4.90 Å². The lowest BCUT2D eigenvalue weighted by molar-refractivity contribution is -0.123. The van der Waals surface area contributed by atoms with Crippen LogP contribution in [0.2, 0.25) is 0 Å². The zero-order chi connectivity index (χ0) is 13.3. The summed E-state index contributed by atoms with van der Waals surface area (Å²) in [6, 6.07) is 3.45. The molecule has 0 radical (unpaired) electrons. The number of fused-ring (bicyclic) bond motifs is 1. The van der Waals surface area contributed by atoms with Gasteiger partial charge in [-0.25, -0.2) is 4.39 Å². The van der Waals surface area contributed by atoms with Gasteiger partial charge in [0.25, 0.3) is 11.7 Å². The lowest BCUT2D eigenvalue weighted by Gasteiger charge is -2.14. The molecule has 1 amide bonds. The zero-order valence-corrected chi connectivity index (χ0v) is 9.60. The first-order valence-corrected chi connectivity index (χ1v) is 5.21. The predicted octanol–water partition coefficient (Wildman–Crippen LogP) is 0.570. The van der Waals surface area contributed by atoms with Gasteiger partial charge < -0.3 is 4.74 Å². The van der Waals surface area contributed by atoms with E-state index in [0.717, 1.165) is 17.0 Å². The van der Waals surface area contributed by atoms with Gasteiger partial charge in [0.2, 0.25) is 0 Å². The molecule has 2 rings (SSSR count). The Labute approximate surface area is 102 Å². The average molecular weight is 251 g/mol. The second-order valence-corrected chi connectivity index (χ2v) is 3.85. The summed E-state index contributed by atoms with van der Waals surface area (Å²) in [5, 5.41) is 0. The van der Waals surface area contributed by atoms with Crippen LogP contribution in [0.25, 0.3) is 0 Å². The summed E-state index contributed by atoms with van der Waals surface area (Å²) in [7, 11) is 1.36. The SMILES string of the molecule is COCC(=O)CN1C(=O)C(=O)c2cc(F)ccc21. The molecular weight excluding hydrogens is 241 g/mol. The van der Waals surface area contributed by atoms with Gasteiger partial charge in [0.05, 0.1) is 17.8 Å². The molecule has 6 heteroatoms. The molecule has 0 aromatic heterocycles. The molecule has 94 valence electrons. The molecule has 5 nitrogen and oxygen atoms in total. The molecule has 0 N–H and O–H groups in total. The molecular formula is C12H10FNO4. The number of benzene rings is 1. The molecule has 0 spiro atoms. The van der Waals surface area contributed by atoms with Crippen LogP contribution in [0.4, 0.5) is 10.1 Å². The van der Waals surface area contributed by atoms with Gasteiger partial charge in [-0.3, -0.25) is 19.3 Å². The Bertz CT molecular complexity index is 541. The first-order valence-electron chi connectivity index (χ1n) is 5.21. The maximum Gasteiger partial charge on any atom is 0.299 e. The Balaban J connectivity index is 2.31. The van der Waals surface area contributed by atoms with Crippen LogP contribution in [-0.4, -0.2) is 37.7 Å². The normalized spacial score (nSPS) is 14.0. The lowest BCUT2D eigenvalue weighted by atomic mass is 10.1. The Morgan fingerprint density at radius 1 is 1.39 bits per heavy atom. The van der Waals surface area contributed by atoms with Gasteiger partial charge in [-0.05, 0) is 18.2 Å². The van der Waals surface area contributed by atoms with Crippen LogP contribution in [0, 0.1) is 5.82 Å². The van der Waals surface area contributed by atoms with E-state index in [2.05, 4.69) is 4.74 Å². The van der Waals surface area contributed by atoms with Crippen molar-refractivity contribution >= 4 is 23.2 Å². The van der Waals surface area contributed by atoms with Crippen molar-refractivity contribution in [2.75, 3.05) is 25.2 Å². The molecule has 0 saturated carbocycles. The van der Waals surface area contributed by atoms with Crippen molar-refractivity contribution in [1.82, 2.24) is 0 Å². The van der Waals surface area contributed by atoms with Crippen LogP contribution in [0.3, 0.4) is 0 Å². The number of amides is 1. The van der Waals surface area contributed by atoms with Gasteiger partial charge in [0.15, 0.2) is 5.78 Å². The highest BCUT2D eigenvalue weighted by molar-refractivity contribution is 6.52. The van der Waals surface area contributed by atoms with E-state index in [9.17, 15) is 18.8 Å². The topological polar surface area (TPSA) is 63.7 Å². The maximum atomic E-state index is 13.0. The number of carbonyl (C=O) groups excluding carboxylic acids is 3. The second-order valence-electron chi connectivity index (χ2n) is 3.85. The quantitative estimate of drug-likeness (QED) is 0.734. The number of hydrogen-bond acceptors (Lipinski definition) is 4. The fourth-order valence-corrected chi connectivity index (χ4v) is 1.81. The number of nitrogens with zero attached hydrogens (tertiary/aromatic N) is 1. The minimum atomic E-state index is -0.819. The smallest absolute Gasteiger partial charge is 0.299 e. The van der Waals surface area contributed by atoms with Crippen LogP contribution in [0.5, 0.6) is 0 Å². The van der Waals surface area contributed by atoms with Crippen molar-refractivity contribution in [2.45, 2.75) is 0 Å². The highest BCUT2D eigenvalue weighted by Gasteiger charge is 2.36. The van der Waals surface area contributed by atoms with E-state index < -0.39 is 17.5 Å². The Kier molecular flexibility index (Phi) is 3.20. The summed E-state index contributed by atoms with van der Waals surface area (Å²) in [5.41, 5.74) is 0.251. The van der Waals surface area contributed by atoms with E-state index in [-0.39, 0.29) is 30.2 Å². The minimum Gasteiger partial charge on any atom is -0.377 e. The summed E-state index contributed by atoms with van der Waals surface area (Å²) in [5.74, 6) is -2.55. The predicted molar refractivity (Wildman–Crippen MR) is 60.0 cm³/mol. The molecule has 1 aromatic rings. The summed E-state index contributed by atoms with van der Waals surface area (Å²) in [4.78, 5) is 35.7. The largest absolute Gasteiger partial charge is 0.377 e. The van der Waals surface area contributed by atoms with Crippen molar-refractivity contribution in [2.24, 2.45) is 0 Å². The standard InChI is InChI=1S/C12H10FNO4/c1-18-6-8(15)5-14-10-3-2-7(13)4-9(10)11(16)12(14)17/h2-4H,5-6H2,1H3. The number of hydrogen-bond donors (Lipinski definition) is 0. The number of carbonyl (C=O) groups is 3. The molecule has 18 heavy (non-hydrogen) atoms. The summed E-state index contributed by atoms with van der Waals surface area (Å²) >= 11 is 0. The van der Waals surface area contributed by atoms with E-state index in [1.807, 2.05) is 0 Å². The zero-order valence-electron chi connectivity index (χ0n) is 9.60. The van der Waals surface area contributed by atoms with Crippen molar-refractivity contribution < 1.29 is 23.5 Å². The average Bonchev–Trinajstić information content (AvgIpc) is 2.55. The van der Waals surface area contributed by atoms with Crippen molar-refractivity contribution in [3.05, 3.63) is 29.6 Å². The van der Waals surface area contributed by atoms with E-state index in [1.54, 1.807) is 0 Å². The third-order valence-corrected chi connectivity index (χ3v) is 2.57. The molecule has 1 aliphatic heterocycles. The van der Waals surface area contributed by atoms with Crippen LogP contribution in [-0.2, 0) is 14.3 Å². The van der Waals surface area contributed by atoms with Gasteiger partial charge in [0, 0.05) is 7.11 Å². The van der Waals surface area contributed by atoms with Gasteiger partial charge in [-0.2, -0.15) is 0 Å². The molecule has 0 aliphatic carbocycles. The van der Waals surface area contributed by atoms with Crippen LogP contribution in [0.15, 0.2) is 18.2 Å². The van der Waals surface area contributed by atoms with Gasteiger partial charge in [-0.1, -0.05) is 0 Å². The monoisotopic (exact) mass is 251 g/mol. The number of Topliss-reactive ketones (excluding diaryl/α,β-unsaturated/α-hetero) is 2. The molecule has 0 unspecified atom stereocenters. The molecule has 0 saturated heterocycles. The van der Waals surface area contributed by atoms with Crippen molar-refractivity contribution in [3.63, 3.8) is 0 Å².